The summed E-state index contributed by atoms with van der Waals surface area (Å²) in [6.07, 6.45) is -1.73. The van der Waals surface area contributed by atoms with Crippen molar-refractivity contribution in [3.63, 3.8) is 0 Å². The van der Waals surface area contributed by atoms with E-state index in [2.05, 4.69) is 29.4 Å². The maximum absolute atomic E-state index is 13.1. The fourth-order valence-electron chi connectivity index (χ4n) is 8.52. The number of cyclic esters (lactones) is 2. The predicted octanol–water partition coefficient (Wildman–Crippen LogP) is 5.18. The van der Waals surface area contributed by atoms with E-state index in [9.17, 15) is 19.5 Å². The summed E-state index contributed by atoms with van der Waals surface area (Å²) >= 11 is 0. The number of alkyl carbamates (subject to hydrolysis) is 1. The van der Waals surface area contributed by atoms with Crippen molar-refractivity contribution in [1.29, 1.82) is 0 Å². The normalized spacial score (nSPS) is 30.2. The van der Waals surface area contributed by atoms with Gasteiger partial charge in [-0.15, -0.1) is 0 Å². The van der Waals surface area contributed by atoms with Crippen LogP contribution < -0.4 is 10.6 Å². The van der Waals surface area contributed by atoms with Gasteiger partial charge in [-0.05, 0) is 85.6 Å². The second-order valence-corrected chi connectivity index (χ2v) is 17.1. The Labute approximate surface area is 333 Å². The Morgan fingerprint density at radius 3 is 2.38 bits per heavy atom. The number of aliphatic hydroxyl groups excluding tert-OH is 1. The van der Waals surface area contributed by atoms with Crippen molar-refractivity contribution < 1.29 is 52.6 Å². The van der Waals surface area contributed by atoms with E-state index >= 15 is 0 Å². The Bertz CT molecular complexity index is 1540. The van der Waals surface area contributed by atoms with E-state index in [1.54, 1.807) is 59.1 Å². The van der Waals surface area contributed by atoms with Crippen LogP contribution in [0.1, 0.15) is 98.9 Å². The van der Waals surface area contributed by atoms with Crippen molar-refractivity contribution in [2.75, 3.05) is 34.4 Å². The minimum absolute atomic E-state index is 0.00852. The number of ether oxygens (including phenoxy) is 7. The highest BCUT2D eigenvalue weighted by Gasteiger charge is 2.53. The highest BCUT2D eigenvalue weighted by molar-refractivity contribution is 5.89. The largest absolute Gasteiger partial charge is 0.459 e. The van der Waals surface area contributed by atoms with Crippen LogP contribution in [0, 0.1) is 17.8 Å². The molecule has 14 nitrogen and oxygen atoms in total. The molecule has 12 atom stereocenters. The monoisotopic (exact) mass is 789 g/mol. The van der Waals surface area contributed by atoms with Gasteiger partial charge in [-0.3, -0.25) is 0 Å². The van der Waals surface area contributed by atoms with Crippen LogP contribution in [0.5, 0.6) is 0 Å². The molecule has 0 saturated carbocycles. The Kier molecular flexibility index (Phi) is 15.0. The molecule has 1 aromatic rings. The van der Waals surface area contributed by atoms with Gasteiger partial charge in [0.2, 0.25) is 5.79 Å². The van der Waals surface area contributed by atoms with Gasteiger partial charge in [0.1, 0.15) is 12.4 Å². The lowest BCUT2D eigenvalue weighted by atomic mass is 9.80. The molecule has 316 valence electrons. The molecular formula is C42H67N3O11. The van der Waals surface area contributed by atoms with Crippen molar-refractivity contribution in [1.82, 2.24) is 15.5 Å². The molecule has 0 bridgehead atoms. The third-order valence-corrected chi connectivity index (χ3v) is 11.8. The molecule has 2 saturated heterocycles. The fraction of sp³-hybridized carbons (Fsp3) is 0.738. The van der Waals surface area contributed by atoms with Gasteiger partial charge in [-0.1, -0.05) is 45.9 Å². The molecule has 0 aromatic heterocycles. The first kappa shape index (κ1) is 45.4. The molecule has 3 aliphatic rings. The first-order chi connectivity index (χ1) is 26.2. The molecule has 3 N–H and O–H groups in total. The van der Waals surface area contributed by atoms with Gasteiger partial charge in [-0.2, -0.15) is 0 Å². The molecule has 2 fully saturated rings. The van der Waals surface area contributed by atoms with E-state index in [0.29, 0.717) is 42.7 Å². The zero-order chi connectivity index (χ0) is 41.7. The summed E-state index contributed by atoms with van der Waals surface area (Å²) in [7, 11) is 5.67. The highest BCUT2D eigenvalue weighted by Crippen LogP contribution is 2.41. The van der Waals surface area contributed by atoms with E-state index in [-0.39, 0.29) is 30.5 Å². The maximum Gasteiger partial charge on any atom is 0.408 e. The van der Waals surface area contributed by atoms with Crippen LogP contribution >= 0.6 is 0 Å². The lowest BCUT2D eigenvalue weighted by Crippen LogP contribution is -2.59. The average Bonchev–Trinajstić information content (AvgIpc) is 3.47. The van der Waals surface area contributed by atoms with Gasteiger partial charge >= 0.3 is 18.0 Å². The highest BCUT2D eigenvalue weighted by atomic mass is 16.7. The molecule has 0 radical (unpaired) electrons. The molecule has 4 rings (SSSR count). The fourth-order valence-corrected chi connectivity index (χ4v) is 8.52. The van der Waals surface area contributed by atoms with Crippen LogP contribution in [0.4, 0.5) is 4.79 Å². The van der Waals surface area contributed by atoms with Crippen LogP contribution in [-0.2, 0) is 38.0 Å². The third-order valence-electron chi connectivity index (χ3n) is 11.8. The Hall–Kier alpha value is -3.27. The number of rotatable bonds is 18. The summed E-state index contributed by atoms with van der Waals surface area (Å²) in [5, 5.41) is 17.2. The van der Waals surface area contributed by atoms with Gasteiger partial charge in [-0.25, -0.2) is 14.4 Å². The standard InChI is InChI=1S/C42H67N3O11/c1-14-32(46)42(10)34(44-39(49)56-42)28(6)43-22-24(2)21-41(9,50-13)35(26(4)33-27(5)36(47)55-40(7,8)54-33)53-38-25(3)31(45(11)12)20-30(52-38)23-51-37(48)29-18-16-15-17-19-29/h15-19,24-26,28,30-32,34-35,38,43,46H,14,20-23H2,1-13H3,(H,44,49)/t24-,25?,26+,28-,30?,31?,32-,34-,35-,38+,41-,42-/m1/s1. The molecule has 3 unspecified atom stereocenters. The summed E-state index contributed by atoms with van der Waals surface area (Å²) < 4.78 is 43.4. The number of hydrogen-bond donors (Lipinski definition) is 3. The molecule has 3 aliphatic heterocycles. The zero-order valence-corrected chi connectivity index (χ0v) is 35.7. The predicted molar refractivity (Wildman–Crippen MR) is 209 cm³/mol. The van der Waals surface area contributed by atoms with E-state index < -0.39 is 71.6 Å². The van der Waals surface area contributed by atoms with E-state index in [0.717, 1.165) is 0 Å². The Balaban J connectivity index is 1.61. The summed E-state index contributed by atoms with van der Waals surface area (Å²) in [6.45, 7) is 19.4. The third kappa shape index (κ3) is 10.4. The number of benzene rings is 1. The van der Waals surface area contributed by atoms with Crippen LogP contribution in [0.15, 0.2) is 41.7 Å². The van der Waals surface area contributed by atoms with Crippen molar-refractivity contribution in [2.24, 2.45) is 17.8 Å². The minimum atomic E-state index is -1.20. The van der Waals surface area contributed by atoms with Gasteiger partial charge < -0.3 is 53.8 Å². The van der Waals surface area contributed by atoms with Crippen molar-refractivity contribution in [3.8, 4) is 0 Å². The molecular weight excluding hydrogens is 722 g/mol. The van der Waals surface area contributed by atoms with Crippen LogP contribution in [0.2, 0.25) is 0 Å². The van der Waals surface area contributed by atoms with Crippen molar-refractivity contribution >= 4 is 18.0 Å². The Morgan fingerprint density at radius 1 is 1.11 bits per heavy atom. The van der Waals surface area contributed by atoms with Gasteiger partial charge in [0.25, 0.3) is 0 Å². The number of carbonyl (C=O) groups excluding carboxylic acids is 3. The smallest absolute Gasteiger partial charge is 0.408 e. The summed E-state index contributed by atoms with van der Waals surface area (Å²) in [5.74, 6) is -2.24. The SMILES string of the molecule is CC[C@@H](O)[C@@]1(C)OC(=O)N[C@@H]1[C@@H](C)NC[C@H](C)C[C@@](C)(OC)[C@H](O[C@@H]1OC(COC(=O)c2ccccc2)CC(N(C)C)C1C)[C@@H](C)C1=C(C)C(=O)OC(C)(C)O1. The quantitative estimate of drug-likeness (QED) is 0.132. The summed E-state index contributed by atoms with van der Waals surface area (Å²) in [6, 6.07) is 8.18. The number of nitrogens with zero attached hydrogens (tertiary/aromatic N) is 1. The molecule has 1 aromatic carbocycles. The summed E-state index contributed by atoms with van der Waals surface area (Å²) in [5.41, 5.74) is -1.23. The Morgan fingerprint density at radius 2 is 1.77 bits per heavy atom. The number of hydrogen-bond acceptors (Lipinski definition) is 13. The first-order valence-electron chi connectivity index (χ1n) is 19.9. The average molecular weight is 790 g/mol. The molecule has 14 heteroatoms. The number of carbonyl (C=O) groups is 3. The van der Waals surface area contributed by atoms with Crippen molar-refractivity contribution in [2.45, 2.75) is 148 Å². The second kappa shape index (κ2) is 18.5. The van der Waals surface area contributed by atoms with Gasteiger partial charge in [0.15, 0.2) is 11.9 Å². The number of esters is 2. The summed E-state index contributed by atoms with van der Waals surface area (Å²) in [4.78, 5) is 40.5. The molecule has 56 heavy (non-hydrogen) atoms. The number of methoxy groups -OCH3 is 1. The zero-order valence-electron chi connectivity index (χ0n) is 35.7. The topological polar surface area (TPSA) is 163 Å². The first-order valence-corrected chi connectivity index (χ1v) is 19.9. The molecule has 3 heterocycles. The lowest BCUT2D eigenvalue weighted by Gasteiger charge is -2.48. The van der Waals surface area contributed by atoms with Crippen LogP contribution in [-0.4, -0.2) is 122 Å². The van der Waals surface area contributed by atoms with Gasteiger partial charge in [0, 0.05) is 44.9 Å². The molecule has 0 spiro atoms. The number of aliphatic hydroxyl groups is 1. The minimum Gasteiger partial charge on any atom is -0.459 e. The number of nitrogens with one attached hydrogen (secondary N) is 2. The maximum atomic E-state index is 13.1. The van der Waals surface area contributed by atoms with Crippen molar-refractivity contribution in [3.05, 3.63) is 47.2 Å². The molecule has 1 amide bonds. The van der Waals surface area contributed by atoms with E-state index in [1.165, 1.54) is 0 Å². The van der Waals surface area contributed by atoms with Crippen LogP contribution in [0.3, 0.4) is 0 Å². The lowest BCUT2D eigenvalue weighted by molar-refractivity contribution is -0.290. The van der Waals surface area contributed by atoms with E-state index in [4.69, 9.17) is 33.2 Å². The van der Waals surface area contributed by atoms with Crippen LogP contribution in [0.25, 0.3) is 0 Å². The second-order valence-electron chi connectivity index (χ2n) is 17.1. The van der Waals surface area contributed by atoms with E-state index in [1.807, 2.05) is 47.9 Å². The van der Waals surface area contributed by atoms with Gasteiger partial charge in [0.05, 0.1) is 41.1 Å². The molecule has 0 aliphatic carbocycles. The number of amides is 1.